The SMILES string of the molecule is NC1=C[C@@]2(CN1)c1cc(-c3cccnc3)ccc1Oc1ccc(-c3cncnc3)cc12. The molecular weight excluding hydrogens is 386 g/mol. The first-order chi connectivity index (χ1) is 15.2. The predicted octanol–water partition coefficient (Wildman–Crippen LogP) is 4.00. The lowest BCUT2D eigenvalue weighted by Crippen LogP contribution is -2.34. The van der Waals surface area contributed by atoms with Crippen LogP contribution in [0.5, 0.6) is 11.5 Å². The number of hydrogen-bond donors (Lipinski definition) is 2. The van der Waals surface area contributed by atoms with Crippen molar-refractivity contribution in [2.75, 3.05) is 6.54 Å². The normalized spacial score (nSPS) is 18.5. The Morgan fingerprint density at radius 2 is 1.48 bits per heavy atom. The molecule has 6 heteroatoms. The minimum atomic E-state index is -0.434. The third-order valence-corrected chi connectivity index (χ3v) is 6.00. The minimum absolute atomic E-state index is 0.434. The summed E-state index contributed by atoms with van der Waals surface area (Å²) in [6.07, 6.45) is 10.9. The van der Waals surface area contributed by atoms with Crippen LogP contribution < -0.4 is 15.8 Å². The fourth-order valence-corrected chi connectivity index (χ4v) is 4.49. The van der Waals surface area contributed by atoms with Crippen LogP contribution >= 0.6 is 0 Å². The van der Waals surface area contributed by atoms with Crippen LogP contribution in [0.1, 0.15) is 11.1 Å². The van der Waals surface area contributed by atoms with E-state index in [1.54, 1.807) is 6.20 Å². The maximum Gasteiger partial charge on any atom is 0.131 e. The Labute approximate surface area is 179 Å². The molecule has 2 aliphatic rings. The van der Waals surface area contributed by atoms with Gasteiger partial charge in [-0.2, -0.15) is 0 Å². The molecule has 4 aromatic rings. The Kier molecular flexibility index (Phi) is 3.80. The van der Waals surface area contributed by atoms with Crippen LogP contribution in [-0.4, -0.2) is 21.5 Å². The number of fused-ring (bicyclic) bond motifs is 4. The molecule has 2 aromatic carbocycles. The van der Waals surface area contributed by atoms with Gasteiger partial charge in [-0.15, -0.1) is 0 Å². The number of nitrogens with zero attached hydrogens (tertiary/aromatic N) is 3. The summed E-state index contributed by atoms with van der Waals surface area (Å²) in [5, 5.41) is 3.33. The molecule has 0 amide bonds. The fourth-order valence-electron chi connectivity index (χ4n) is 4.49. The van der Waals surface area contributed by atoms with E-state index in [4.69, 9.17) is 10.5 Å². The van der Waals surface area contributed by atoms with E-state index in [0.29, 0.717) is 12.4 Å². The number of ether oxygens (including phenoxy) is 1. The zero-order valence-corrected chi connectivity index (χ0v) is 16.6. The highest BCUT2D eigenvalue weighted by Gasteiger charge is 2.44. The number of pyridine rings is 1. The first kappa shape index (κ1) is 17.7. The van der Waals surface area contributed by atoms with E-state index in [1.165, 1.54) is 6.33 Å². The monoisotopic (exact) mass is 405 g/mol. The first-order valence-electron chi connectivity index (χ1n) is 10.1. The van der Waals surface area contributed by atoms with Crippen LogP contribution in [0.25, 0.3) is 22.3 Å². The molecule has 0 radical (unpaired) electrons. The molecule has 31 heavy (non-hydrogen) atoms. The summed E-state index contributed by atoms with van der Waals surface area (Å²) in [7, 11) is 0. The topological polar surface area (TPSA) is 86.0 Å². The molecule has 1 atom stereocenters. The lowest BCUT2D eigenvalue weighted by atomic mass is 9.72. The molecule has 6 rings (SSSR count). The second-order valence-corrected chi connectivity index (χ2v) is 7.82. The molecule has 2 aromatic heterocycles. The van der Waals surface area contributed by atoms with Crippen molar-refractivity contribution in [2.24, 2.45) is 5.73 Å². The molecule has 4 heterocycles. The highest BCUT2D eigenvalue weighted by molar-refractivity contribution is 5.73. The zero-order valence-electron chi connectivity index (χ0n) is 16.6. The molecule has 2 aliphatic heterocycles. The van der Waals surface area contributed by atoms with Gasteiger partial charge in [0.05, 0.1) is 11.2 Å². The first-order valence-corrected chi connectivity index (χ1v) is 10.1. The number of nitrogens with one attached hydrogen (secondary N) is 1. The quantitative estimate of drug-likeness (QED) is 0.524. The van der Waals surface area contributed by atoms with Gasteiger partial charge in [-0.25, -0.2) is 9.97 Å². The van der Waals surface area contributed by atoms with Crippen molar-refractivity contribution >= 4 is 0 Å². The highest BCUT2D eigenvalue weighted by atomic mass is 16.5. The van der Waals surface area contributed by atoms with Crippen molar-refractivity contribution in [1.82, 2.24) is 20.3 Å². The van der Waals surface area contributed by atoms with Crippen molar-refractivity contribution in [2.45, 2.75) is 5.41 Å². The van der Waals surface area contributed by atoms with Crippen LogP contribution in [0.3, 0.4) is 0 Å². The van der Waals surface area contributed by atoms with E-state index in [9.17, 15) is 0 Å². The molecule has 6 nitrogen and oxygen atoms in total. The molecule has 3 N–H and O–H groups in total. The summed E-state index contributed by atoms with van der Waals surface area (Å²) in [4.78, 5) is 12.6. The lowest BCUT2D eigenvalue weighted by Gasteiger charge is -2.36. The zero-order chi connectivity index (χ0) is 20.8. The van der Waals surface area contributed by atoms with Crippen molar-refractivity contribution in [3.8, 4) is 33.8 Å². The number of nitrogens with two attached hydrogens (primary N) is 1. The maximum absolute atomic E-state index is 6.34. The average molecular weight is 405 g/mol. The van der Waals surface area contributed by atoms with Gasteiger partial charge in [0, 0.05) is 53.6 Å². The van der Waals surface area contributed by atoms with Crippen molar-refractivity contribution in [1.29, 1.82) is 0 Å². The number of aromatic nitrogens is 3. The molecule has 0 fully saturated rings. The largest absolute Gasteiger partial charge is 0.457 e. The molecule has 1 spiro atoms. The van der Waals surface area contributed by atoms with Gasteiger partial charge >= 0.3 is 0 Å². The van der Waals surface area contributed by atoms with Crippen LogP contribution in [0.15, 0.2) is 91.5 Å². The van der Waals surface area contributed by atoms with Crippen LogP contribution in [0.2, 0.25) is 0 Å². The van der Waals surface area contributed by atoms with Crippen molar-refractivity contribution in [3.63, 3.8) is 0 Å². The number of benzene rings is 2. The van der Waals surface area contributed by atoms with Gasteiger partial charge < -0.3 is 15.8 Å². The number of rotatable bonds is 2. The summed E-state index contributed by atoms with van der Waals surface area (Å²) in [6, 6.07) is 16.5. The molecule has 0 saturated carbocycles. The molecular formula is C25H19N5O. The lowest BCUT2D eigenvalue weighted by molar-refractivity contribution is 0.424. The second kappa shape index (κ2) is 6.67. The Bertz CT molecular complexity index is 1230. The van der Waals surface area contributed by atoms with E-state index in [-0.39, 0.29) is 0 Å². The molecule has 0 unspecified atom stereocenters. The Balaban J connectivity index is 1.56. The summed E-state index contributed by atoms with van der Waals surface area (Å²) in [5.41, 5.74) is 12.1. The van der Waals surface area contributed by atoms with Gasteiger partial charge in [-0.1, -0.05) is 18.2 Å². The van der Waals surface area contributed by atoms with Crippen molar-refractivity contribution < 1.29 is 4.74 Å². The summed E-state index contributed by atoms with van der Waals surface area (Å²) >= 11 is 0. The average Bonchev–Trinajstić information content (AvgIpc) is 3.22. The van der Waals surface area contributed by atoms with E-state index in [1.807, 2.05) is 42.9 Å². The predicted molar refractivity (Wildman–Crippen MR) is 118 cm³/mol. The third kappa shape index (κ3) is 2.76. The standard InChI is InChI=1S/C25H19N5O/c26-24-10-25(14-30-24)20-8-16(18-2-1-7-27-11-18)3-5-22(20)31-23-6-4-17(9-21(23)25)19-12-28-15-29-13-19/h1-13,15,30H,14,26H2/t25-/m1/s1. The smallest absolute Gasteiger partial charge is 0.131 e. The highest BCUT2D eigenvalue weighted by Crippen LogP contribution is 2.52. The summed E-state index contributed by atoms with van der Waals surface area (Å²) in [6.45, 7) is 0.660. The molecule has 0 saturated heterocycles. The Morgan fingerprint density at radius 3 is 2.10 bits per heavy atom. The Hall–Kier alpha value is -4.19. The van der Waals surface area contributed by atoms with Crippen LogP contribution in [0.4, 0.5) is 0 Å². The van der Waals surface area contributed by atoms with E-state index < -0.39 is 5.41 Å². The van der Waals surface area contributed by atoms with Crippen LogP contribution in [0, 0.1) is 0 Å². The van der Waals surface area contributed by atoms with Gasteiger partial charge in [0.25, 0.3) is 0 Å². The Morgan fingerprint density at radius 1 is 0.806 bits per heavy atom. The van der Waals surface area contributed by atoms with E-state index >= 15 is 0 Å². The van der Waals surface area contributed by atoms with Crippen LogP contribution in [-0.2, 0) is 5.41 Å². The molecule has 150 valence electrons. The van der Waals surface area contributed by atoms with Crippen molar-refractivity contribution in [3.05, 3.63) is 103 Å². The minimum Gasteiger partial charge on any atom is -0.457 e. The molecule has 0 aliphatic carbocycles. The van der Waals surface area contributed by atoms with Gasteiger partial charge in [0.1, 0.15) is 17.8 Å². The van der Waals surface area contributed by atoms with Gasteiger partial charge in [-0.05, 0) is 47.5 Å². The summed E-state index contributed by atoms with van der Waals surface area (Å²) in [5.74, 6) is 2.33. The molecule has 0 bridgehead atoms. The van der Waals surface area contributed by atoms with E-state index in [2.05, 4.69) is 50.6 Å². The third-order valence-electron chi connectivity index (χ3n) is 6.00. The fraction of sp³-hybridized carbons (Fsp3) is 0.0800. The second-order valence-electron chi connectivity index (χ2n) is 7.82. The number of hydrogen-bond acceptors (Lipinski definition) is 6. The van der Waals surface area contributed by atoms with Gasteiger partial charge in [0.15, 0.2) is 0 Å². The van der Waals surface area contributed by atoms with Gasteiger partial charge in [0.2, 0.25) is 0 Å². The van der Waals surface area contributed by atoms with E-state index in [0.717, 1.165) is 44.9 Å². The summed E-state index contributed by atoms with van der Waals surface area (Å²) < 4.78 is 6.34. The maximum atomic E-state index is 6.34. The van der Waals surface area contributed by atoms with Gasteiger partial charge in [-0.3, -0.25) is 4.98 Å².